The Morgan fingerprint density at radius 3 is 2.54 bits per heavy atom. The molecule has 5 nitrogen and oxygen atoms in total. The smallest absolute Gasteiger partial charge is 0.327 e. The largest absolute Gasteiger partial charge is 0.465 e. The molecule has 1 aromatic carbocycles. The number of aryl methyl sites for hydroxylation is 1. The summed E-state index contributed by atoms with van der Waals surface area (Å²) in [7, 11) is -1.51. The number of ether oxygens (including phenoxy) is 2. The number of esters is 1. The zero-order valence-corrected chi connectivity index (χ0v) is 15.7. The molecule has 134 valence electrons. The summed E-state index contributed by atoms with van der Waals surface area (Å²) in [6, 6.07) is 7.45. The highest BCUT2D eigenvalue weighted by Crippen LogP contribution is 2.42. The fraction of sp³-hybridized carbons (Fsp3) is 0.611. The Bertz CT molecular complexity index is 596. The van der Waals surface area contributed by atoms with Crippen LogP contribution >= 0.6 is 0 Å². The fourth-order valence-corrected chi connectivity index (χ4v) is 4.48. The van der Waals surface area contributed by atoms with E-state index in [4.69, 9.17) is 9.47 Å². The van der Waals surface area contributed by atoms with Crippen LogP contribution in [0.3, 0.4) is 0 Å². The Labute approximate surface area is 146 Å². The van der Waals surface area contributed by atoms with Crippen LogP contribution in [0.4, 0.5) is 0 Å². The van der Waals surface area contributed by atoms with Gasteiger partial charge in [-0.15, -0.1) is 0 Å². The second-order valence-corrected chi connectivity index (χ2v) is 7.74. The number of hydrogen-bond acceptors (Lipinski definition) is 4. The van der Waals surface area contributed by atoms with Crippen molar-refractivity contribution in [1.82, 2.24) is 4.72 Å². The maximum Gasteiger partial charge on any atom is 0.327 e. The van der Waals surface area contributed by atoms with Crippen LogP contribution in [-0.4, -0.2) is 35.5 Å². The maximum atomic E-state index is 12.9. The summed E-state index contributed by atoms with van der Waals surface area (Å²) in [6.45, 7) is 9.00. The van der Waals surface area contributed by atoms with Gasteiger partial charge in [0.1, 0.15) is 16.5 Å². The zero-order chi connectivity index (χ0) is 17.8. The molecule has 1 aliphatic rings. The van der Waals surface area contributed by atoms with E-state index in [0.29, 0.717) is 24.5 Å². The molecule has 0 aliphatic carbocycles. The van der Waals surface area contributed by atoms with Crippen LogP contribution < -0.4 is 4.72 Å². The van der Waals surface area contributed by atoms with Gasteiger partial charge in [0.25, 0.3) is 0 Å². The predicted octanol–water partition coefficient (Wildman–Crippen LogP) is 2.75. The van der Waals surface area contributed by atoms with Crippen molar-refractivity contribution < 1.29 is 18.5 Å². The van der Waals surface area contributed by atoms with E-state index < -0.39 is 21.9 Å². The Morgan fingerprint density at radius 1 is 1.38 bits per heavy atom. The highest BCUT2D eigenvalue weighted by molar-refractivity contribution is 7.83. The lowest BCUT2D eigenvalue weighted by molar-refractivity contribution is -0.156. The molecule has 1 aliphatic heterocycles. The van der Waals surface area contributed by atoms with E-state index in [9.17, 15) is 9.00 Å². The highest BCUT2D eigenvalue weighted by atomic mass is 32.2. The quantitative estimate of drug-likeness (QED) is 0.766. The molecule has 1 unspecified atom stereocenters. The molecule has 6 heteroatoms. The van der Waals surface area contributed by atoms with Gasteiger partial charge in [-0.3, -0.25) is 0 Å². The third-order valence-corrected chi connectivity index (χ3v) is 6.14. The van der Waals surface area contributed by atoms with Crippen LogP contribution in [-0.2, 0) is 25.3 Å². The number of carbonyl (C=O) groups is 1. The van der Waals surface area contributed by atoms with Crippen molar-refractivity contribution in [3.63, 3.8) is 0 Å². The molecule has 24 heavy (non-hydrogen) atoms. The number of hydrogen-bond donors (Lipinski definition) is 1. The number of nitrogens with one attached hydrogen (secondary N) is 1. The molecule has 0 bridgehead atoms. The molecule has 0 saturated carbocycles. The number of benzene rings is 1. The SMILES string of the molecule is CCOC(=O)[C@@](CC)(NS(=O)c1ccc(C)cc1)[C@]1(C)CCOC1. The molecule has 1 N–H and O–H groups in total. The molecule has 2 rings (SSSR count). The predicted molar refractivity (Wildman–Crippen MR) is 93.9 cm³/mol. The van der Waals surface area contributed by atoms with Crippen LogP contribution in [0, 0.1) is 12.3 Å². The molecule has 3 atom stereocenters. The third kappa shape index (κ3) is 3.55. The van der Waals surface area contributed by atoms with Crippen molar-refractivity contribution in [2.75, 3.05) is 19.8 Å². The van der Waals surface area contributed by atoms with Gasteiger partial charge in [-0.25, -0.2) is 13.7 Å². The molecule has 1 saturated heterocycles. The van der Waals surface area contributed by atoms with Gasteiger partial charge < -0.3 is 9.47 Å². The normalized spacial score (nSPS) is 24.3. The first kappa shape index (κ1) is 19.1. The monoisotopic (exact) mass is 353 g/mol. The van der Waals surface area contributed by atoms with E-state index in [-0.39, 0.29) is 12.6 Å². The second-order valence-electron chi connectivity index (χ2n) is 6.53. The Hall–Kier alpha value is -1.24. The van der Waals surface area contributed by atoms with Crippen LogP contribution in [0.25, 0.3) is 0 Å². The summed E-state index contributed by atoms with van der Waals surface area (Å²) >= 11 is 0. The topological polar surface area (TPSA) is 64.6 Å². The third-order valence-electron chi connectivity index (χ3n) is 4.91. The first-order valence-corrected chi connectivity index (χ1v) is 9.55. The van der Waals surface area contributed by atoms with E-state index in [1.54, 1.807) is 6.92 Å². The van der Waals surface area contributed by atoms with Gasteiger partial charge in [-0.2, -0.15) is 0 Å². The minimum absolute atomic E-state index is 0.288. The van der Waals surface area contributed by atoms with Gasteiger partial charge in [0.15, 0.2) is 0 Å². The average molecular weight is 353 g/mol. The highest BCUT2D eigenvalue weighted by Gasteiger charge is 2.56. The van der Waals surface area contributed by atoms with Gasteiger partial charge in [0.2, 0.25) is 0 Å². The average Bonchev–Trinajstić information content (AvgIpc) is 3.01. The molecule has 0 amide bonds. The van der Waals surface area contributed by atoms with Crippen LogP contribution in [0.2, 0.25) is 0 Å². The minimum Gasteiger partial charge on any atom is -0.465 e. The van der Waals surface area contributed by atoms with Crippen molar-refractivity contribution in [1.29, 1.82) is 0 Å². The first-order valence-electron chi connectivity index (χ1n) is 8.40. The second kappa shape index (κ2) is 7.76. The van der Waals surface area contributed by atoms with Crippen molar-refractivity contribution in [2.45, 2.75) is 51.0 Å². The molecule has 1 fully saturated rings. The Balaban J connectivity index is 2.36. The zero-order valence-electron chi connectivity index (χ0n) is 14.9. The van der Waals surface area contributed by atoms with E-state index >= 15 is 0 Å². The molecule has 1 aromatic rings. The summed E-state index contributed by atoms with van der Waals surface area (Å²) in [5.74, 6) is -0.360. The van der Waals surface area contributed by atoms with E-state index in [0.717, 1.165) is 12.0 Å². The number of rotatable bonds is 7. The lowest BCUT2D eigenvalue weighted by Gasteiger charge is -2.43. The minimum atomic E-state index is -1.51. The van der Waals surface area contributed by atoms with Crippen LogP contribution in [0.5, 0.6) is 0 Å². The standard InChI is InChI=1S/C18H27NO4S/c1-5-18(16(20)23-6-2,17(4)11-12-22-13-17)19-24(21)15-9-7-14(3)8-10-15/h7-10,19H,5-6,11-13H2,1-4H3/t17-,18-,24?/m1/s1. The fourth-order valence-electron chi connectivity index (χ4n) is 3.19. The molecule has 0 radical (unpaired) electrons. The van der Waals surface area contributed by atoms with Crippen LogP contribution in [0.1, 0.15) is 39.2 Å². The van der Waals surface area contributed by atoms with Gasteiger partial charge in [0, 0.05) is 12.0 Å². The van der Waals surface area contributed by atoms with Crippen molar-refractivity contribution in [3.05, 3.63) is 29.8 Å². The summed E-state index contributed by atoms with van der Waals surface area (Å²) in [5, 5.41) is 0. The molecule has 0 aromatic heterocycles. The summed E-state index contributed by atoms with van der Waals surface area (Å²) < 4.78 is 26.9. The van der Waals surface area contributed by atoms with Gasteiger partial charge >= 0.3 is 5.97 Å². The first-order chi connectivity index (χ1) is 11.4. The maximum absolute atomic E-state index is 12.9. The summed E-state index contributed by atoms with van der Waals surface area (Å²) in [4.78, 5) is 13.5. The lowest BCUT2D eigenvalue weighted by atomic mass is 9.69. The van der Waals surface area contributed by atoms with Crippen LogP contribution in [0.15, 0.2) is 29.2 Å². The van der Waals surface area contributed by atoms with Crippen molar-refractivity contribution in [3.8, 4) is 0 Å². The Kier molecular flexibility index (Phi) is 6.17. The summed E-state index contributed by atoms with van der Waals surface area (Å²) in [5.41, 5.74) is -0.414. The molecular formula is C18H27NO4S. The van der Waals surface area contributed by atoms with Crippen molar-refractivity contribution in [2.24, 2.45) is 5.41 Å². The lowest BCUT2D eigenvalue weighted by Crippen LogP contribution is -2.63. The molecule has 0 spiro atoms. The van der Waals surface area contributed by atoms with E-state index in [1.807, 2.05) is 45.0 Å². The molecule has 1 heterocycles. The molecular weight excluding hydrogens is 326 g/mol. The van der Waals surface area contributed by atoms with E-state index in [1.165, 1.54) is 0 Å². The van der Waals surface area contributed by atoms with Gasteiger partial charge in [-0.05, 0) is 38.8 Å². The summed E-state index contributed by atoms with van der Waals surface area (Å²) in [6.07, 6.45) is 1.20. The Morgan fingerprint density at radius 2 is 2.04 bits per heavy atom. The van der Waals surface area contributed by atoms with Crippen molar-refractivity contribution >= 4 is 17.0 Å². The van der Waals surface area contributed by atoms with Gasteiger partial charge in [0.05, 0.1) is 18.1 Å². The van der Waals surface area contributed by atoms with E-state index in [2.05, 4.69) is 4.72 Å². The van der Waals surface area contributed by atoms with Gasteiger partial charge in [-0.1, -0.05) is 31.5 Å². The number of carbonyl (C=O) groups excluding carboxylic acids is 1.